The molecule has 0 bridgehead atoms. The molecule has 0 spiro atoms. The van der Waals surface area contributed by atoms with Crippen LogP contribution in [0.4, 0.5) is 4.39 Å². The smallest absolute Gasteiger partial charge is 0.245 e. The van der Waals surface area contributed by atoms with Crippen molar-refractivity contribution in [2.75, 3.05) is 6.54 Å². The van der Waals surface area contributed by atoms with E-state index in [9.17, 15) is 22.4 Å². The topological polar surface area (TPSA) is 83.6 Å². The van der Waals surface area contributed by atoms with E-state index < -0.39 is 40.2 Å². The van der Waals surface area contributed by atoms with Crippen LogP contribution < -0.4 is 5.32 Å². The van der Waals surface area contributed by atoms with Crippen molar-refractivity contribution in [2.24, 2.45) is 0 Å². The minimum Gasteiger partial charge on any atom is -0.294 e. The number of nitrogens with one attached hydrogen (secondary N) is 1. The van der Waals surface area contributed by atoms with Gasteiger partial charge in [-0.3, -0.25) is 14.9 Å². The summed E-state index contributed by atoms with van der Waals surface area (Å²) in [5, 5.41) is 2.09. The molecule has 1 aromatic rings. The van der Waals surface area contributed by atoms with Crippen LogP contribution in [0.1, 0.15) is 13.3 Å². The molecular formula is C12H13FN2O4S. The molecule has 2 amide bonds. The van der Waals surface area contributed by atoms with E-state index in [4.69, 9.17) is 0 Å². The first-order valence-corrected chi connectivity index (χ1v) is 7.41. The van der Waals surface area contributed by atoms with Gasteiger partial charge in [0.15, 0.2) is 0 Å². The first-order chi connectivity index (χ1) is 9.36. The largest absolute Gasteiger partial charge is 0.294 e. The van der Waals surface area contributed by atoms with Gasteiger partial charge < -0.3 is 0 Å². The van der Waals surface area contributed by atoms with Gasteiger partial charge in [-0.15, -0.1) is 0 Å². The fourth-order valence-electron chi connectivity index (χ4n) is 2.05. The number of hydrogen-bond acceptors (Lipinski definition) is 4. The fourth-order valence-corrected chi connectivity index (χ4v) is 3.70. The molecule has 1 aliphatic rings. The van der Waals surface area contributed by atoms with Gasteiger partial charge in [-0.1, -0.05) is 13.0 Å². The number of amides is 2. The van der Waals surface area contributed by atoms with Gasteiger partial charge in [-0.25, -0.2) is 12.8 Å². The second kappa shape index (κ2) is 5.29. The zero-order valence-electron chi connectivity index (χ0n) is 10.7. The van der Waals surface area contributed by atoms with Crippen molar-refractivity contribution in [2.45, 2.75) is 24.3 Å². The van der Waals surface area contributed by atoms with Crippen LogP contribution in [0, 0.1) is 5.82 Å². The molecule has 1 aromatic carbocycles. The molecule has 108 valence electrons. The summed E-state index contributed by atoms with van der Waals surface area (Å²) in [5.41, 5.74) is 0. The number of carbonyl (C=O) groups excluding carboxylic acids is 2. The molecule has 0 radical (unpaired) electrons. The number of piperazine rings is 1. The maximum absolute atomic E-state index is 13.2. The van der Waals surface area contributed by atoms with Gasteiger partial charge in [0.1, 0.15) is 11.9 Å². The number of carbonyl (C=O) groups is 2. The maximum atomic E-state index is 13.2. The molecule has 1 fully saturated rings. The third kappa shape index (κ3) is 2.56. The third-order valence-electron chi connectivity index (χ3n) is 3.00. The Balaban J connectivity index is 2.46. The van der Waals surface area contributed by atoms with E-state index in [1.54, 1.807) is 6.92 Å². The minimum atomic E-state index is -4.10. The lowest BCUT2D eigenvalue weighted by Gasteiger charge is -2.32. The highest BCUT2D eigenvalue weighted by Gasteiger charge is 2.40. The van der Waals surface area contributed by atoms with E-state index in [0.717, 1.165) is 16.4 Å². The Morgan fingerprint density at radius 1 is 1.40 bits per heavy atom. The molecule has 0 saturated carbocycles. The van der Waals surface area contributed by atoms with Gasteiger partial charge in [-0.05, 0) is 24.6 Å². The average Bonchev–Trinajstić information content (AvgIpc) is 2.38. The van der Waals surface area contributed by atoms with Crippen molar-refractivity contribution in [1.82, 2.24) is 9.62 Å². The van der Waals surface area contributed by atoms with Gasteiger partial charge in [0, 0.05) is 0 Å². The van der Waals surface area contributed by atoms with Gasteiger partial charge in [-0.2, -0.15) is 4.31 Å². The highest BCUT2D eigenvalue weighted by Crippen LogP contribution is 2.22. The fraction of sp³-hybridized carbons (Fsp3) is 0.333. The van der Waals surface area contributed by atoms with Crippen molar-refractivity contribution in [3.63, 3.8) is 0 Å². The summed E-state index contributed by atoms with van der Waals surface area (Å²) in [6.07, 6.45) is 0.216. The molecule has 6 nitrogen and oxygen atoms in total. The number of hydrogen-bond donors (Lipinski definition) is 1. The Kier molecular flexibility index (Phi) is 3.87. The summed E-state index contributed by atoms with van der Waals surface area (Å²) in [6.45, 7) is 1.18. The molecule has 2 rings (SSSR count). The van der Waals surface area contributed by atoms with Gasteiger partial charge in [0.05, 0.1) is 11.4 Å². The lowest BCUT2D eigenvalue weighted by molar-refractivity contribution is -0.137. The normalized spacial score (nSPS) is 20.8. The first-order valence-electron chi connectivity index (χ1n) is 5.97. The summed E-state index contributed by atoms with van der Waals surface area (Å²) < 4.78 is 38.8. The number of nitrogens with zero attached hydrogens (tertiary/aromatic N) is 1. The van der Waals surface area contributed by atoms with Gasteiger partial charge in [0.2, 0.25) is 21.8 Å². The van der Waals surface area contributed by atoms with Gasteiger partial charge >= 0.3 is 0 Å². The highest BCUT2D eigenvalue weighted by molar-refractivity contribution is 7.89. The van der Waals surface area contributed by atoms with Crippen molar-refractivity contribution in [3.05, 3.63) is 30.1 Å². The molecule has 1 N–H and O–H groups in total. The summed E-state index contributed by atoms with van der Waals surface area (Å²) in [7, 11) is -4.10. The second-order valence-corrected chi connectivity index (χ2v) is 6.23. The van der Waals surface area contributed by atoms with Crippen molar-refractivity contribution in [1.29, 1.82) is 0 Å². The Morgan fingerprint density at radius 2 is 2.10 bits per heavy atom. The SMILES string of the molecule is CCC1C(=O)NC(=O)CN1S(=O)(=O)c1cccc(F)c1. The zero-order valence-corrected chi connectivity index (χ0v) is 11.5. The number of rotatable bonds is 3. The van der Waals surface area contributed by atoms with E-state index in [1.807, 2.05) is 0 Å². The maximum Gasteiger partial charge on any atom is 0.245 e. The number of imide groups is 1. The minimum absolute atomic E-state index is 0.216. The standard InChI is InChI=1S/C12H13FN2O4S/c1-2-10-12(17)14-11(16)7-15(10)20(18,19)9-5-3-4-8(13)6-9/h3-6,10H,2,7H2,1H3,(H,14,16,17). The third-order valence-corrected chi connectivity index (χ3v) is 4.85. The summed E-state index contributed by atoms with van der Waals surface area (Å²) >= 11 is 0. The molecule has 1 atom stereocenters. The molecule has 0 aromatic heterocycles. The average molecular weight is 300 g/mol. The predicted molar refractivity (Wildman–Crippen MR) is 67.5 cm³/mol. The van der Waals surface area contributed by atoms with Crippen LogP contribution in [0.3, 0.4) is 0 Å². The number of benzene rings is 1. The Morgan fingerprint density at radius 3 is 2.70 bits per heavy atom. The van der Waals surface area contributed by atoms with Crippen LogP contribution >= 0.6 is 0 Å². The van der Waals surface area contributed by atoms with E-state index in [2.05, 4.69) is 5.32 Å². The summed E-state index contributed by atoms with van der Waals surface area (Å²) in [6, 6.07) is 3.49. The first kappa shape index (κ1) is 14.6. The van der Waals surface area contributed by atoms with E-state index in [0.29, 0.717) is 0 Å². The Labute approximate surface area is 115 Å². The Bertz CT molecular complexity index is 659. The molecule has 20 heavy (non-hydrogen) atoms. The second-order valence-electron chi connectivity index (χ2n) is 4.34. The van der Waals surface area contributed by atoms with Crippen LogP contribution in [0.25, 0.3) is 0 Å². The number of halogens is 1. The van der Waals surface area contributed by atoms with Crippen LogP contribution in [0.15, 0.2) is 29.2 Å². The van der Waals surface area contributed by atoms with Crippen LogP contribution in [0.2, 0.25) is 0 Å². The molecule has 8 heteroatoms. The van der Waals surface area contributed by atoms with Crippen molar-refractivity contribution in [3.8, 4) is 0 Å². The summed E-state index contributed by atoms with van der Waals surface area (Å²) in [4.78, 5) is 22.8. The zero-order chi connectivity index (χ0) is 14.9. The van der Waals surface area contributed by atoms with Crippen LogP contribution in [-0.4, -0.2) is 37.1 Å². The molecule has 0 aliphatic carbocycles. The quantitative estimate of drug-likeness (QED) is 0.811. The van der Waals surface area contributed by atoms with Gasteiger partial charge in [0.25, 0.3) is 0 Å². The van der Waals surface area contributed by atoms with E-state index >= 15 is 0 Å². The van der Waals surface area contributed by atoms with Crippen LogP contribution in [-0.2, 0) is 19.6 Å². The highest BCUT2D eigenvalue weighted by atomic mass is 32.2. The monoisotopic (exact) mass is 300 g/mol. The number of sulfonamides is 1. The Hall–Kier alpha value is -1.80. The van der Waals surface area contributed by atoms with Crippen molar-refractivity contribution >= 4 is 21.8 Å². The summed E-state index contributed by atoms with van der Waals surface area (Å²) in [5.74, 6) is -2.06. The van der Waals surface area contributed by atoms with Crippen LogP contribution in [0.5, 0.6) is 0 Å². The molecule has 1 unspecified atom stereocenters. The lowest BCUT2D eigenvalue weighted by atomic mass is 10.2. The van der Waals surface area contributed by atoms with Crippen molar-refractivity contribution < 1.29 is 22.4 Å². The predicted octanol–water partition coefficient (Wildman–Crippen LogP) is 0.251. The molecule has 1 heterocycles. The molecule has 1 aliphatic heterocycles. The van der Waals surface area contributed by atoms with E-state index in [-0.39, 0.29) is 11.3 Å². The van der Waals surface area contributed by atoms with E-state index in [1.165, 1.54) is 12.1 Å². The lowest BCUT2D eigenvalue weighted by Crippen LogP contribution is -2.59. The molecule has 1 saturated heterocycles. The molecular weight excluding hydrogens is 287 g/mol.